The van der Waals surface area contributed by atoms with Crippen LogP contribution < -0.4 is 5.32 Å². The first kappa shape index (κ1) is 18.9. The minimum Gasteiger partial charge on any atom is -0.343 e. The van der Waals surface area contributed by atoms with Crippen LogP contribution in [0.4, 0.5) is 0 Å². The molecule has 3 rings (SSSR count). The predicted molar refractivity (Wildman–Crippen MR) is 111 cm³/mol. The molecule has 1 heterocycles. The summed E-state index contributed by atoms with van der Waals surface area (Å²) < 4.78 is 2.24. The van der Waals surface area contributed by atoms with Crippen molar-refractivity contribution in [1.82, 2.24) is 14.9 Å². The van der Waals surface area contributed by atoms with Crippen molar-refractivity contribution in [3.8, 4) is 0 Å². The van der Waals surface area contributed by atoms with Gasteiger partial charge in [0.2, 0.25) is 5.91 Å². The lowest BCUT2D eigenvalue weighted by atomic mass is 10.1. The summed E-state index contributed by atoms with van der Waals surface area (Å²) in [7, 11) is 0. The van der Waals surface area contributed by atoms with E-state index in [1.807, 2.05) is 61.5 Å². The van der Waals surface area contributed by atoms with Gasteiger partial charge in [0.05, 0.1) is 17.1 Å². The molecule has 140 valence electrons. The van der Waals surface area contributed by atoms with Gasteiger partial charge in [-0.15, -0.1) is 0 Å². The Hall–Kier alpha value is -2.88. The van der Waals surface area contributed by atoms with E-state index in [-0.39, 0.29) is 11.9 Å². The van der Waals surface area contributed by atoms with Gasteiger partial charge < -0.3 is 9.88 Å². The number of hydrogen-bond acceptors (Lipinski definition) is 2. The first-order valence-electron chi connectivity index (χ1n) is 9.53. The Morgan fingerprint density at radius 3 is 2.52 bits per heavy atom. The summed E-state index contributed by atoms with van der Waals surface area (Å²) in [6.07, 6.45) is 4.47. The van der Waals surface area contributed by atoms with E-state index in [4.69, 9.17) is 4.98 Å². The zero-order valence-corrected chi connectivity index (χ0v) is 16.2. The zero-order valence-electron chi connectivity index (χ0n) is 16.2. The smallest absolute Gasteiger partial charge is 0.244 e. The highest BCUT2D eigenvalue weighted by atomic mass is 16.1. The SMILES string of the molecule is CC(C)CCn1c([C@@H](C)NC(=O)/C=C/c2ccccc2)nc2ccccc21. The molecule has 2 aromatic carbocycles. The Bertz CT molecular complexity index is 925. The molecule has 0 aliphatic heterocycles. The third kappa shape index (κ3) is 4.85. The van der Waals surface area contributed by atoms with E-state index in [1.165, 1.54) is 0 Å². The number of hydrogen-bond donors (Lipinski definition) is 1. The minimum absolute atomic E-state index is 0.117. The van der Waals surface area contributed by atoms with Crippen molar-refractivity contribution in [1.29, 1.82) is 0 Å². The van der Waals surface area contributed by atoms with Gasteiger partial charge in [0.25, 0.3) is 0 Å². The van der Waals surface area contributed by atoms with Crippen molar-refractivity contribution in [2.75, 3.05) is 0 Å². The second-order valence-electron chi connectivity index (χ2n) is 7.27. The minimum atomic E-state index is -0.169. The van der Waals surface area contributed by atoms with E-state index in [0.29, 0.717) is 5.92 Å². The fourth-order valence-electron chi connectivity index (χ4n) is 3.11. The van der Waals surface area contributed by atoms with Gasteiger partial charge in [-0.05, 0) is 43.0 Å². The van der Waals surface area contributed by atoms with Gasteiger partial charge in [0, 0.05) is 12.6 Å². The number of amides is 1. The molecule has 4 heteroatoms. The highest BCUT2D eigenvalue weighted by molar-refractivity contribution is 5.92. The summed E-state index contributed by atoms with van der Waals surface area (Å²) in [5, 5.41) is 3.05. The average Bonchev–Trinajstić information content (AvgIpc) is 3.04. The third-order valence-corrected chi connectivity index (χ3v) is 4.59. The molecule has 1 aromatic heterocycles. The van der Waals surface area contributed by atoms with Crippen LogP contribution in [0.25, 0.3) is 17.1 Å². The number of nitrogens with one attached hydrogen (secondary N) is 1. The lowest BCUT2D eigenvalue weighted by molar-refractivity contribution is -0.117. The van der Waals surface area contributed by atoms with Crippen LogP contribution in [-0.2, 0) is 11.3 Å². The number of fused-ring (bicyclic) bond motifs is 1. The summed E-state index contributed by atoms with van der Waals surface area (Å²) in [5.74, 6) is 1.39. The number of rotatable bonds is 7. The molecule has 1 amide bonds. The van der Waals surface area contributed by atoms with Crippen molar-refractivity contribution in [3.63, 3.8) is 0 Å². The van der Waals surface area contributed by atoms with Crippen LogP contribution in [0.5, 0.6) is 0 Å². The molecule has 0 unspecified atom stereocenters. The maximum Gasteiger partial charge on any atom is 0.244 e. The van der Waals surface area contributed by atoms with E-state index >= 15 is 0 Å². The largest absolute Gasteiger partial charge is 0.343 e. The van der Waals surface area contributed by atoms with E-state index in [2.05, 4.69) is 29.8 Å². The molecule has 0 aliphatic carbocycles. The van der Waals surface area contributed by atoms with Gasteiger partial charge >= 0.3 is 0 Å². The maximum atomic E-state index is 12.4. The Kier molecular flexibility index (Phi) is 6.07. The number of aromatic nitrogens is 2. The predicted octanol–water partition coefficient (Wildman–Crippen LogP) is 4.97. The van der Waals surface area contributed by atoms with Crippen molar-refractivity contribution in [2.45, 2.75) is 39.8 Å². The quantitative estimate of drug-likeness (QED) is 0.604. The van der Waals surface area contributed by atoms with Gasteiger partial charge in [-0.2, -0.15) is 0 Å². The summed E-state index contributed by atoms with van der Waals surface area (Å²) in [6, 6.07) is 17.8. The summed E-state index contributed by atoms with van der Waals surface area (Å²) in [4.78, 5) is 17.1. The topological polar surface area (TPSA) is 46.9 Å². The monoisotopic (exact) mass is 361 g/mol. The molecule has 0 saturated carbocycles. The standard InChI is InChI=1S/C23H27N3O/c1-17(2)15-16-26-21-12-8-7-11-20(21)25-23(26)18(3)24-22(27)14-13-19-9-5-4-6-10-19/h4-14,17-18H,15-16H2,1-3H3,(H,24,27)/b14-13+/t18-/m1/s1. The lowest BCUT2D eigenvalue weighted by Crippen LogP contribution is -2.27. The molecular weight excluding hydrogens is 334 g/mol. The molecule has 1 atom stereocenters. The molecule has 4 nitrogen and oxygen atoms in total. The van der Waals surface area contributed by atoms with Gasteiger partial charge in [-0.25, -0.2) is 4.98 Å². The summed E-state index contributed by atoms with van der Waals surface area (Å²) >= 11 is 0. The molecule has 0 saturated heterocycles. The number of benzene rings is 2. The second-order valence-corrected chi connectivity index (χ2v) is 7.27. The molecule has 0 fully saturated rings. The number of carbonyl (C=O) groups excluding carboxylic acids is 1. The molecule has 0 radical (unpaired) electrons. The van der Waals surface area contributed by atoms with E-state index in [0.717, 1.165) is 35.4 Å². The first-order valence-corrected chi connectivity index (χ1v) is 9.53. The second kappa shape index (κ2) is 8.67. The van der Waals surface area contributed by atoms with Crippen molar-refractivity contribution < 1.29 is 4.79 Å². The highest BCUT2D eigenvalue weighted by Crippen LogP contribution is 2.22. The van der Waals surface area contributed by atoms with Gasteiger partial charge in [-0.1, -0.05) is 56.3 Å². The van der Waals surface area contributed by atoms with Crippen LogP contribution >= 0.6 is 0 Å². The molecule has 27 heavy (non-hydrogen) atoms. The van der Waals surface area contributed by atoms with E-state index in [9.17, 15) is 4.79 Å². The number of nitrogens with zero attached hydrogens (tertiary/aromatic N) is 2. The van der Waals surface area contributed by atoms with Crippen LogP contribution in [0.15, 0.2) is 60.7 Å². The number of aryl methyl sites for hydroxylation is 1. The van der Waals surface area contributed by atoms with Crippen LogP contribution in [0, 0.1) is 5.92 Å². The van der Waals surface area contributed by atoms with Crippen LogP contribution in [0.1, 0.15) is 44.6 Å². The van der Waals surface area contributed by atoms with E-state index in [1.54, 1.807) is 6.08 Å². The third-order valence-electron chi connectivity index (χ3n) is 4.59. The van der Waals surface area contributed by atoms with Crippen LogP contribution in [0.3, 0.4) is 0 Å². The highest BCUT2D eigenvalue weighted by Gasteiger charge is 2.17. The van der Waals surface area contributed by atoms with Crippen molar-refractivity contribution in [3.05, 3.63) is 72.1 Å². The van der Waals surface area contributed by atoms with Crippen LogP contribution in [0.2, 0.25) is 0 Å². The van der Waals surface area contributed by atoms with Gasteiger partial charge in [0.15, 0.2) is 0 Å². The van der Waals surface area contributed by atoms with Gasteiger partial charge in [0.1, 0.15) is 5.82 Å². The summed E-state index contributed by atoms with van der Waals surface area (Å²) in [5.41, 5.74) is 3.09. The van der Waals surface area contributed by atoms with Gasteiger partial charge in [-0.3, -0.25) is 4.79 Å². The first-order chi connectivity index (χ1) is 13.0. The zero-order chi connectivity index (χ0) is 19.2. The Labute approximate surface area is 160 Å². The van der Waals surface area contributed by atoms with Crippen molar-refractivity contribution in [2.24, 2.45) is 5.92 Å². The Morgan fingerprint density at radius 2 is 1.78 bits per heavy atom. The molecule has 0 bridgehead atoms. The summed E-state index contributed by atoms with van der Waals surface area (Å²) in [6.45, 7) is 7.33. The fraction of sp³-hybridized carbons (Fsp3) is 0.304. The fourth-order valence-corrected chi connectivity index (χ4v) is 3.11. The average molecular weight is 361 g/mol. The molecule has 1 N–H and O–H groups in total. The number of para-hydroxylation sites is 2. The van der Waals surface area contributed by atoms with Crippen LogP contribution in [-0.4, -0.2) is 15.5 Å². The number of imidazole rings is 1. The number of carbonyl (C=O) groups is 1. The normalized spacial score (nSPS) is 12.7. The lowest BCUT2D eigenvalue weighted by Gasteiger charge is -2.16. The van der Waals surface area contributed by atoms with Crippen molar-refractivity contribution >= 4 is 23.0 Å². The maximum absolute atomic E-state index is 12.4. The molecule has 3 aromatic rings. The van der Waals surface area contributed by atoms with E-state index < -0.39 is 0 Å². The Balaban J connectivity index is 1.78. The molecule has 0 spiro atoms. The molecule has 0 aliphatic rings. The Morgan fingerprint density at radius 1 is 1.07 bits per heavy atom. The molecular formula is C23H27N3O.